The quantitative estimate of drug-likeness (QED) is 0.597. The van der Waals surface area contributed by atoms with Crippen LogP contribution in [0.4, 0.5) is 10.1 Å². The lowest BCUT2D eigenvalue weighted by molar-refractivity contribution is -0.121. The smallest absolute Gasteiger partial charge is 0.243 e. The van der Waals surface area contributed by atoms with E-state index < -0.39 is 27.8 Å². The van der Waals surface area contributed by atoms with Crippen LogP contribution in [0, 0.1) is 5.82 Å². The van der Waals surface area contributed by atoms with Gasteiger partial charge in [0.25, 0.3) is 0 Å². The molecule has 0 aliphatic heterocycles. The average molecular weight is 423 g/mol. The first-order valence-electron chi connectivity index (χ1n) is 9.47. The largest absolute Gasteiger partial charge is 0.494 e. The maximum absolute atomic E-state index is 14.1. The van der Waals surface area contributed by atoms with Crippen LogP contribution in [0.25, 0.3) is 0 Å². The number of hydrogen-bond donors (Lipinski definition) is 1. The van der Waals surface area contributed by atoms with Gasteiger partial charge in [-0.3, -0.25) is 9.10 Å². The van der Waals surface area contributed by atoms with Gasteiger partial charge in [-0.1, -0.05) is 24.3 Å². The molecule has 6 nitrogen and oxygen atoms in total. The molecule has 0 fully saturated rings. The van der Waals surface area contributed by atoms with Crippen LogP contribution in [0.2, 0.25) is 0 Å². The van der Waals surface area contributed by atoms with Crippen molar-refractivity contribution in [1.82, 2.24) is 5.32 Å². The SMILES string of the molecule is CCOc1ccc(CCCNC(=O)[C@H](C)N(c2ccccc2F)S(C)(=O)=O)cc1. The number of ether oxygens (including phenoxy) is 1. The topological polar surface area (TPSA) is 75.7 Å². The maximum Gasteiger partial charge on any atom is 0.243 e. The third-order valence-corrected chi connectivity index (χ3v) is 5.58. The van der Waals surface area contributed by atoms with Crippen LogP contribution in [-0.2, 0) is 21.2 Å². The molecule has 1 atom stereocenters. The number of carbonyl (C=O) groups excluding carboxylic acids is 1. The van der Waals surface area contributed by atoms with Crippen LogP contribution in [0.15, 0.2) is 48.5 Å². The average Bonchev–Trinajstić information content (AvgIpc) is 2.67. The van der Waals surface area contributed by atoms with Gasteiger partial charge in [-0.15, -0.1) is 0 Å². The summed E-state index contributed by atoms with van der Waals surface area (Å²) in [5, 5.41) is 2.73. The fourth-order valence-electron chi connectivity index (χ4n) is 2.98. The standard InChI is InChI=1S/C21H27FN2O4S/c1-4-28-18-13-11-17(12-14-18)8-7-15-23-21(25)16(2)24(29(3,26)27)20-10-6-5-9-19(20)22/h5-6,9-14,16H,4,7-8,15H2,1-3H3,(H,23,25)/t16-/m0/s1. The fourth-order valence-corrected chi connectivity index (χ4v) is 4.16. The summed E-state index contributed by atoms with van der Waals surface area (Å²) in [4.78, 5) is 12.5. The summed E-state index contributed by atoms with van der Waals surface area (Å²) in [7, 11) is -3.85. The van der Waals surface area contributed by atoms with Crippen molar-refractivity contribution in [2.45, 2.75) is 32.7 Å². The first-order chi connectivity index (χ1) is 13.7. The maximum atomic E-state index is 14.1. The number of nitrogens with one attached hydrogen (secondary N) is 1. The molecule has 29 heavy (non-hydrogen) atoms. The molecule has 2 rings (SSSR count). The molecule has 0 saturated carbocycles. The number of amides is 1. The molecule has 1 amide bonds. The number of benzene rings is 2. The molecule has 1 N–H and O–H groups in total. The van der Waals surface area contributed by atoms with Crippen molar-refractivity contribution in [3.05, 3.63) is 59.9 Å². The molecule has 0 aromatic heterocycles. The zero-order valence-electron chi connectivity index (χ0n) is 16.9. The van der Waals surface area contributed by atoms with Crippen LogP contribution in [0.5, 0.6) is 5.75 Å². The molecule has 0 unspecified atom stereocenters. The van der Waals surface area contributed by atoms with Crippen molar-refractivity contribution in [2.75, 3.05) is 23.7 Å². The Bertz CT molecular complexity index is 917. The Morgan fingerprint density at radius 3 is 2.41 bits per heavy atom. The van der Waals surface area contributed by atoms with Gasteiger partial charge in [0, 0.05) is 6.54 Å². The van der Waals surface area contributed by atoms with Gasteiger partial charge in [-0.25, -0.2) is 12.8 Å². The molecule has 0 aliphatic rings. The number of nitrogens with zero attached hydrogens (tertiary/aromatic N) is 1. The zero-order chi connectivity index (χ0) is 21.4. The monoisotopic (exact) mass is 422 g/mol. The predicted octanol–water partition coefficient (Wildman–Crippen LogP) is 3.13. The molecule has 0 heterocycles. The van der Waals surface area contributed by atoms with Crippen LogP contribution in [-0.4, -0.2) is 39.8 Å². The Kier molecular flexibility index (Phi) is 8.01. The van der Waals surface area contributed by atoms with Crippen molar-refractivity contribution >= 4 is 21.6 Å². The minimum absolute atomic E-state index is 0.146. The summed E-state index contributed by atoms with van der Waals surface area (Å²) in [6, 6.07) is 12.2. The van der Waals surface area contributed by atoms with E-state index in [0.29, 0.717) is 19.6 Å². The van der Waals surface area contributed by atoms with E-state index in [4.69, 9.17) is 4.74 Å². The van der Waals surface area contributed by atoms with Gasteiger partial charge in [0.2, 0.25) is 15.9 Å². The van der Waals surface area contributed by atoms with Crippen molar-refractivity contribution in [2.24, 2.45) is 0 Å². The minimum atomic E-state index is -3.85. The molecule has 0 saturated heterocycles. The number of carbonyl (C=O) groups is 1. The summed E-state index contributed by atoms with van der Waals surface area (Å²) in [5.74, 6) is -0.370. The Morgan fingerprint density at radius 1 is 1.17 bits per heavy atom. The minimum Gasteiger partial charge on any atom is -0.494 e. The Morgan fingerprint density at radius 2 is 1.83 bits per heavy atom. The van der Waals surface area contributed by atoms with Gasteiger partial charge < -0.3 is 10.1 Å². The first-order valence-corrected chi connectivity index (χ1v) is 11.3. The first kappa shape index (κ1) is 22.7. The normalized spacial score (nSPS) is 12.3. The molecule has 0 radical (unpaired) electrons. The number of hydrogen-bond acceptors (Lipinski definition) is 4. The second kappa shape index (κ2) is 10.2. The van der Waals surface area contributed by atoms with Crippen LogP contribution in [0.1, 0.15) is 25.8 Å². The Balaban J connectivity index is 1.93. The van der Waals surface area contributed by atoms with E-state index in [0.717, 1.165) is 34.4 Å². The fraction of sp³-hybridized carbons (Fsp3) is 0.381. The lowest BCUT2D eigenvalue weighted by atomic mass is 10.1. The zero-order valence-corrected chi connectivity index (χ0v) is 17.7. The van der Waals surface area contributed by atoms with Gasteiger partial charge in [0.15, 0.2) is 0 Å². The number of sulfonamides is 1. The number of aryl methyl sites for hydroxylation is 1. The molecule has 0 spiro atoms. The number of halogens is 1. The van der Waals surface area contributed by atoms with E-state index in [9.17, 15) is 17.6 Å². The second-order valence-corrected chi connectivity index (χ2v) is 8.52. The molecule has 2 aromatic carbocycles. The highest BCUT2D eigenvalue weighted by molar-refractivity contribution is 7.92. The van der Waals surface area contributed by atoms with Crippen LogP contribution in [0.3, 0.4) is 0 Å². The summed E-state index contributed by atoms with van der Waals surface area (Å²) in [6.07, 6.45) is 2.39. The van der Waals surface area contributed by atoms with E-state index in [2.05, 4.69) is 5.32 Å². The van der Waals surface area contributed by atoms with Gasteiger partial charge in [-0.2, -0.15) is 0 Å². The van der Waals surface area contributed by atoms with Gasteiger partial charge in [0.1, 0.15) is 17.6 Å². The van der Waals surface area contributed by atoms with Crippen molar-refractivity contribution in [3.8, 4) is 5.75 Å². The third kappa shape index (κ3) is 6.45. The van der Waals surface area contributed by atoms with E-state index in [-0.39, 0.29) is 5.69 Å². The highest BCUT2D eigenvalue weighted by Gasteiger charge is 2.30. The van der Waals surface area contributed by atoms with Crippen molar-refractivity contribution in [3.63, 3.8) is 0 Å². The highest BCUT2D eigenvalue weighted by Crippen LogP contribution is 2.24. The van der Waals surface area contributed by atoms with E-state index in [1.807, 2.05) is 31.2 Å². The third-order valence-electron chi connectivity index (χ3n) is 4.35. The molecular formula is C21H27FN2O4S. The summed E-state index contributed by atoms with van der Waals surface area (Å²) in [6.45, 7) is 4.36. The van der Waals surface area contributed by atoms with Crippen molar-refractivity contribution < 1.29 is 22.3 Å². The molecule has 2 aromatic rings. The number of rotatable bonds is 10. The second-order valence-electron chi connectivity index (χ2n) is 6.66. The Labute approximate surface area is 171 Å². The van der Waals surface area contributed by atoms with E-state index >= 15 is 0 Å². The lowest BCUT2D eigenvalue weighted by Crippen LogP contribution is -2.48. The van der Waals surface area contributed by atoms with Gasteiger partial charge in [0.05, 0.1) is 18.6 Å². The summed E-state index contributed by atoms with van der Waals surface area (Å²) in [5.41, 5.74) is 0.965. The van der Waals surface area contributed by atoms with Crippen LogP contribution >= 0.6 is 0 Å². The summed E-state index contributed by atoms with van der Waals surface area (Å²) < 4.78 is 44.7. The predicted molar refractivity (Wildman–Crippen MR) is 112 cm³/mol. The highest BCUT2D eigenvalue weighted by atomic mass is 32.2. The molecule has 158 valence electrons. The molecule has 8 heteroatoms. The molecule has 0 bridgehead atoms. The number of anilines is 1. The Hall–Kier alpha value is -2.61. The molecular weight excluding hydrogens is 395 g/mol. The lowest BCUT2D eigenvalue weighted by Gasteiger charge is -2.28. The van der Waals surface area contributed by atoms with Crippen LogP contribution < -0.4 is 14.4 Å². The summed E-state index contributed by atoms with van der Waals surface area (Å²) >= 11 is 0. The van der Waals surface area contributed by atoms with E-state index in [1.165, 1.54) is 25.1 Å². The molecule has 0 aliphatic carbocycles. The van der Waals surface area contributed by atoms with Gasteiger partial charge in [-0.05, 0) is 56.5 Å². The number of para-hydroxylation sites is 1. The van der Waals surface area contributed by atoms with E-state index in [1.54, 1.807) is 0 Å². The van der Waals surface area contributed by atoms with Crippen molar-refractivity contribution in [1.29, 1.82) is 0 Å². The van der Waals surface area contributed by atoms with Gasteiger partial charge >= 0.3 is 0 Å².